The number of aliphatic carboxylic acids is 1. The first-order valence-corrected chi connectivity index (χ1v) is 9.14. The molecule has 1 saturated carbocycles. The second-order valence-corrected chi connectivity index (χ2v) is 8.15. The maximum absolute atomic E-state index is 11.9. The third kappa shape index (κ3) is 4.96. The van der Waals surface area contributed by atoms with Crippen molar-refractivity contribution in [2.45, 2.75) is 44.2 Å². The molecule has 2 aliphatic rings. The third-order valence-electron chi connectivity index (χ3n) is 4.17. The molecule has 1 heterocycles. The largest absolute Gasteiger partial charge is 0.481 e. The van der Waals surface area contributed by atoms with Crippen molar-refractivity contribution in [3.8, 4) is 0 Å². The topological polar surface area (TPSA) is 113 Å². The molecular weight excluding hydrogens is 296 g/mol. The molecule has 0 bridgehead atoms. The summed E-state index contributed by atoms with van der Waals surface area (Å²) in [6, 6.07) is -0.313. The minimum atomic E-state index is -3.04. The smallest absolute Gasteiger partial charge is 0.306 e. The molecule has 1 amide bonds. The Hall–Kier alpha value is -1.15. The van der Waals surface area contributed by atoms with Gasteiger partial charge in [-0.25, -0.2) is 8.42 Å². The molecule has 2 fully saturated rings. The number of hydrogen-bond acceptors (Lipinski definition) is 5. The van der Waals surface area contributed by atoms with Crippen LogP contribution in [-0.2, 0) is 19.4 Å². The van der Waals surface area contributed by atoms with Crippen molar-refractivity contribution in [1.29, 1.82) is 0 Å². The summed E-state index contributed by atoms with van der Waals surface area (Å²) < 4.78 is 23.0. The summed E-state index contributed by atoms with van der Waals surface area (Å²) in [5.41, 5.74) is 0. The van der Waals surface area contributed by atoms with Gasteiger partial charge in [0, 0.05) is 25.0 Å². The van der Waals surface area contributed by atoms with E-state index in [0.29, 0.717) is 32.2 Å². The fraction of sp³-hybridized carbons (Fsp3) is 0.846. The zero-order chi connectivity index (χ0) is 15.5. The van der Waals surface area contributed by atoms with Crippen LogP contribution in [0.15, 0.2) is 0 Å². The van der Waals surface area contributed by atoms with E-state index in [1.54, 1.807) is 0 Å². The molecule has 0 aromatic carbocycles. The lowest BCUT2D eigenvalue weighted by molar-refractivity contribution is -0.142. The summed E-state index contributed by atoms with van der Waals surface area (Å²) in [7, 11) is -3.04. The van der Waals surface area contributed by atoms with Crippen LogP contribution < -0.4 is 10.6 Å². The molecule has 1 atom stereocenters. The van der Waals surface area contributed by atoms with Gasteiger partial charge in [-0.2, -0.15) is 0 Å². The van der Waals surface area contributed by atoms with Crippen molar-refractivity contribution in [1.82, 2.24) is 10.6 Å². The van der Waals surface area contributed by atoms with Gasteiger partial charge in [-0.15, -0.1) is 0 Å². The number of rotatable bonds is 4. The van der Waals surface area contributed by atoms with Crippen LogP contribution in [0.2, 0.25) is 0 Å². The maximum Gasteiger partial charge on any atom is 0.306 e. The lowest BCUT2D eigenvalue weighted by Gasteiger charge is -2.28. The Labute approximate surface area is 124 Å². The number of amides is 1. The molecule has 21 heavy (non-hydrogen) atoms. The Bertz CT molecular complexity index is 497. The van der Waals surface area contributed by atoms with Gasteiger partial charge in [0.1, 0.15) is 0 Å². The zero-order valence-electron chi connectivity index (χ0n) is 11.9. The van der Waals surface area contributed by atoms with E-state index in [1.165, 1.54) is 0 Å². The van der Waals surface area contributed by atoms with Crippen LogP contribution in [0.1, 0.15) is 32.1 Å². The number of carboxylic acids is 1. The molecular formula is C13H22N2O5S. The number of carbonyl (C=O) groups excluding carboxylic acids is 1. The van der Waals surface area contributed by atoms with Crippen LogP contribution in [-0.4, -0.2) is 55.5 Å². The third-order valence-corrected chi connectivity index (χ3v) is 5.91. The standard InChI is InChI=1S/C13H22N2O5S/c16-12(7-11-8-21(19,20)6-5-14-11)15-10-3-1-9(2-4-10)13(17)18/h9-11,14H,1-8H2,(H,15,16)(H,17,18). The number of nitrogens with one attached hydrogen (secondary N) is 2. The van der Waals surface area contributed by atoms with Gasteiger partial charge in [0.15, 0.2) is 9.84 Å². The SMILES string of the molecule is O=C(CC1CS(=O)(=O)CCN1)NC1CCC(C(=O)O)CC1. The van der Waals surface area contributed by atoms with E-state index >= 15 is 0 Å². The van der Waals surface area contributed by atoms with Gasteiger partial charge in [-0.3, -0.25) is 9.59 Å². The summed E-state index contributed by atoms with van der Waals surface area (Å²) in [6.45, 7) is 0.393. The van der Waals surface area contributed by atoms with Gasteiger partial charge in [0.2, 0.25) is 5.91 Å². The molecule has 3 N–H and O–H groups in total. The van der Waals surface area contributed by atoms with Crippen LogP contribution in [0.4, 0.5) is 0 Å². The molecule has 1 unspecified atom stereocenters. The van der Waals surface area contributed by atoms with Gasteiger partial charge in [-0.05, 0) is 25.7 Å². The Morgan fingerprint density at radius 2 is 1.86 bits per heavy atom. The number of carboxylic acid groups (broad SMARTS) is 1. The molecule has 0 aromatic rings. The Morgan fingerprint density at radius 1 is 1.19 bits per heavy atom. The van der Waals surface area contributed by atoms with E-state index in [1.807, 2.05) is 0 Å². The minimum Gasteiger partial charge on any atom is -0.481 e. The Morgan fingerprint density at radius 3 is 2.43 bits per heavy atom. The highest BCUT2D eigenvalue weighted by Crippen LogP contribution is 2.24. The molecule has 2 rings (SSSR count). The van der Waals surface area contributed by atoms with Crippen molar-refractivity contribution in [2.75, 3.05) is 18.1 Å². The first kappa shape index (κ1) is 16.2. The highest BCUT2D eigenvalue weighted by molar-refractivity contribution is 7.91. The van der Waals surface area contributed by atoms with Gasteiger partial charge in [0.25, 0.3) is 0 Å². The van der Waals surface area contributed by atoms with E-state index in [4.69, 9.17) is 5.11 Å². The minimum absolute atomic E-state index is 0.00613. The normalized spacial score (nSPS) is 32.3. The van der Waals surface area contributed by atoms with Crippen LogP contribution in [0.25, 0.3) is 0 Å². The second-order valence-electron chi connectivity index (χ2n) is 5.92. The van der Waals surface area contributed by atoms with E-state index in [-0.39, 0.29) is 41.8 Å². The first-order valence-electron chi connectivity index (χ1n) is 7.32. The predicted molar refractivity (Wildman–Crippen MR) is 76.6 cm³/mol. The average Bonchev–Trinajstić information content (AvgIpc) is 2.37. The monoisotopic (exact) mass is 318 g/mol. The lowest BCUT2D eigenvalue weighted by Crippen LogP contribution is -2.48. The number of sulfone groups is 1. The molecule has 7 nitrogen and oxygen atoms in total. The van der Waals surface area contributed by atoms with Gasteiger partial charge in [0.05, 0.1) is 17.4 Å². The van der Waals surface area contributed by atoms with Gasteiger partial charge in [-0.1, -0.05) is 0 Å². The molecule has 1 aliphatic carbocycles. The summed E-state index contributed by atoms with van der Waals surface area (Å²) >= 11 is 0. The van der Waals surface area contributed by atoms with E-state index in [2.05, 4.69) is 10.6 Å². The maximum atomic E-state index is 11.9. The van der Waals surface area contributed by atoms with Crippen molar-refractivity contribution in [3.63, 3.8) is 0 Å². The molecule has 8 heteroatoms. The van der Waals surface area contributed by atoms with Crippen LogP contribution in [0.3, 0.4) is 0 Å². The first-order chi connectivity index (χ1) is 9.85. The van der Waals surface area contributed by atoms with Crippen molar-refractivity contribution < 1.29 is 23.1 Å². The van der Waals surface area contributed by atoms with E-state index in [0.717, 1.165) is 0 Å². The quantitative estimate of drug-likeness (QED) is 0.645. The fourth-order valence-corrected chi connectivity index (χ4v) is 4.44. The summed E-state index contributed by atoms with van der Waals surface area (Å²) in [5.74, 6) is -1.10. The van der Waals surface area contributed by atoms with Crippen LogP contribution in [0.5, 0.6) is 0 Å². The van der Waals surface area contributed by atoms with Crippen LogP contribution >= 0.6 is 0 Å². The van der Waals surface area contributed by atoms with Crippen LogP contribution in [0, 0.1) is 5.92 Å². The fourth-order valence-electron chi connectivity index (χ4n) is 2.99. The molecule has 120 valence electrons. The molecule has 0 spiro atoms. The molecule has 1 aliphatic heterocycles. The van der Waals surface area contributed by atoms with E-state index in [9.17, 15) is 18.0 Å². The van der Waals surface area contributed by atoms with Gasteiger partial charge >= 0.3 is 5.97 Å². The van der Waals surface area contributed by atoms with E-state index < -0.39 is 15.8 Å². The Balaban J connectivity index is 1.74. The second kappa shape index (κ2) is 6.74. The molecule has 1 saturated heterocycles. The zero-order valence-corrected chi connectivity index (χ0v) is 12.7. The summed E-state index contributed by atoms with van der Waals surface area (Å²) in [5, 5.41) is 14.9. The summed E-state index contributed by atoms with van der Waals surface area (Å²) in [6.07, 6.45) is 2.64. The number of hydrogen-bond donors (Lipinski definition) is 3. The molecule has 0 radical (unpaired) electrons. The number of carbonyl (C=O) groups is 2. The van der Waals surface area contributed by atoms with Crippen molar-refractivity contribution in [3.05, 3.63) is 0 Å². The van der Waals surface area contributed by atoms with Gasteiger partial charge < -0.3 is 15.7 Å². The molecule has 0 aromatic heterocycles. The van der Waals surface area contributed by atoms with Crippen molar-refractivity contribution in [2.24, 2.45) is 5.92 Å². The predicted octanol–water partition coefficient (Wildman–Crippen LogP) is -0.477. The highest BCUT2D eigenvalue weighted by Gasteiger charge is 2.29. The van der Waals surface area contributed by atoms with Crippen molar-refractivity contribution >= 4 is 21.7 Å². The average molecular weight is 318 g/mol. The highest BCUT2D eigenvalue weighted by atomic mass is 32.2. The summed E-state index contributed by atoms with van der Waals surface area (Å²) in [4.78, 5) is 22.8. The lowest BCUT2D eigenvalue weighted by atomic mass is 9.86. The Kier molecular flexibility index (Phi) is 5.21.